The monoisotopic (exact) mass is 208 g/mol. The Labute approximate surface area is 87.8 Å². The highest BCUT2D eigenvalue weighted by Crippen LogP contribution is 2.47. The smallest absolute Gasteiger partial charge is 0.116 e. The lowest BCUT2D eigenvalue weighted by Crippen LogP contribution is -2.11. The molecule has 2 rings (SSSR count). The van der Waals surface area contributed by atoms with E-state index in [2.05, 4.69) is 42.2 Å². The molecule has 0 aliphatic carbocycles. The van der Waals surface area contributed by atoms with Crippen LogP contribution in [0, 0.1) is 5.41 Å². The number of hydrogen-bond donors (Lipinski definition) is 1. The van der Waals surface area contributed by atoms with Crippen molar-refractivity contribution in [1.82, 2.24) is 9.97 Å². The third kappa shape index (κ3) is 1.98. The number of fused-ring (bicyclic) bond motifs is 1. The van der Waals surface area contributed by atoms with E-state index in [1.165, 1.54) is 16.3 Å². The summed E-state index contributed by atoms with van der Waals surface area (Å²) in [6, 6.07) is 0. The predicted octanol–water partition coefficient (Wildman–Crippen LogP) is 2.87. The molecule has 0 bridgehead atoms. The minimum atomic E-state index is -0.181. The molecule has 1 aromatic rings. The van der Waals surface area contributed by atoms with Gasteiger partial charge in [-0.05, 0) is 22.7 Å². The van der Waals surface area contributed by atoms with Crippen LogP contribution in [0.3, 0.4) is 0 Å². The molecule has 1 aliphatic heterocycles. The molecular formula is C11H16N2S. The summed E-state index contributed by atoms with van der Waals surface area (Å²) in [4.78, 5) is 8.42. The van der Waals surface area contributed by atoms with Crippen LogP contribution in [0.25, 0.3) is 6.08 Å². The molecule has 0 spiro atoms. The molecule has 0 fully saturated rings. The first-order valence-electron chi connectivity index (χ1n) is 4.81. The van der Waals surface area contributed by atoms with Crippen molar-refractivity contribution in [1.29, 1.82) is 0 Å². The van der Waals surface area contributed by atoms with E-state index in [1.807, 2.05) is 6.20 Å². The average molecular weight is 208 g/mol. The van der Waals surface area contributed by atoms with Crippen LogP contribution in [0.5, 0.6) is 0 Å². The normalized spacial score (nSPS) is 22.4. The molecule has 2 nitrogen and oxygen atoms in total. The molecule has 1 unspecified atom stereocenters. The van der Waals surface area contributed by atoms with Crippen molar-refractivity contribution in [3.63, 3.8) is 0 Å². The van der Waals surface area contributed by atoms with E-state index in [1.54, 1.807) is 6.33 Å². The maximum Gasteiger partial charge on any atom is 0.116 e. The Morgan fingerprint density at radius 1 is 1.36 bits per heavy atom. The van der Waals surface area contributed by atoms with Gasteiger partial charge in [0, 0.05) is 11.8 Å². The molecule has 1 aliphatic rings. The van der Waals surface area contributed by atoms with Gasteiger partial charge in [-0.1, -0.05) is 20.8 Å². The van der Waals surface area contributed by atoms with E-state index in [-0.39, 0.29) is 10.9 Å². The Morgan fingerprint density at radius 3 is 2.86 bits per heavy atom. The minimum Gasteiger partial charge on any atom is -0.244 e. The predicted molar refractivity (Wildman–Crippen MR) is 62.6 cm³/mol. The van der Waals surface area contributed by atoms with E-state index in [0.29, 0.717) is 5.41 Å². The van der Waals surface area contributed by atoms with Crippen LogP contribution in [0.1, 0.15) is 26.3 Å². The standard InChI is InChI=1S/C11H16N2S/c1-11(2,3)7-14-5-4-9-6-12-8-13-10(9)14/h4-6,8,14H,7H2,1-3H3. The van der Waals surface area contributed by atoms with Crippen LogP contribution in [-0.2, 0) is 0 Å². The number of rotatable bonds is 1. The summed E-state index contributed by atoms with van der Waals surface area (Å²) < 4.78 is 0. The van der Waals surface area contributed by atoms with Gasteiger partial charge in [0.2, 0.25) is 0 Å². The third-order valence-electron chi connectivity index (χ3n) is 2.07. The maximum atomic E-state index is 4.38. The lowest BCUT2D eigenvalue weighted by atomic mass is 10.0. The van der Waals surface area contributed by atoms with Crippen LogP contribution >= 0.6 is 10.9 Å². The molecule has 2 heterocycles. The Bertz CT molecular complexity index is 366. The molecule has 0 radical (unpaired) electrons. The van der Waals surface area contributed by atoms with E-state index in [4.69, 9.17) is 0 Å². The van der Waals surface area contributed by atoms with E-state index in [0.717, 1.165) is 0 Å². The summed E-state index contributed by atoms with van der Waals surface area (Å²) in [6.45, 7) is 6.84. The lowest BCUT2D eigenvalue weighted by Gasteiger charge is -2.24. The fourth-order valence-electron chi connectivity index (χ4n) is 1.57. The SMILES string of the molecule is CC(C)(C)C[SH]1C=Cc2cncnc21. The van der Waals surface area contributed by atoms with Crippen molar-refractivity contribution >= 4 is 17.0 Å². The number of aromatic nitrogens is 2. The molecule has 1 aromatic heterocycles. The van der Waals surface area contributed by atoms with Crippen molar-refractivity contribution in [3.8, 4) is 0 Å². The molecule has 0 saturated heterocycles. The van der Waals surface area contributed by atoms with Crippen molar-refractivity contribution in [2.75, 3.05) is 5.75 Å². The first kappa shape index (κ1) is 9.71. The highest BCUT2D eigenvalue weighted by atomic mass is 32.2. The molecule has 14 heavy (non-hydrogen) atoms. The number of hydrogen-bond acceptors (Lipinski definition) is 2. The van der Waals surface area contributed by atoms with Crippen LogP contribution in [-0.4, -0.2) is 15.7 Å². The Balaban J connectivity index is 2.23. The maximum absolute atomic E-state index is 4.38. The van der Waals surface area contributed by atoms with Gasteiger partial charge in [-0.2, -0.15) is 10.9 Å². The first-order chi connectivity index (χ1) is 6.56. The van der Waals surface area contributed by atoms with Gasteiger partial charge in [0.1, 0.15) is 6.33 Å². The summed E-state index contributed by atoms with van der Waals surface area (Å²) in [7, 11) is -0.181. The molecular weight excluding hydrogens is 192 g/mol. The van der Waals surface area contributed by atoms with Crippen LogP contribution in [0.15, 0.2) is 23.0 Å². The van der Waals surface area contributed by atoms with Crippen LogP contribution < -0.4 is 0 Å². The second-order valence-corrected chi connectivity index (χ2v) is 6.78. The minimum absolute atomic E-state index is 0.181. The first-order valence-corrected chi connectivity index (χ1v) is 6.41. The molecule has 76 valence electrons. The zero-order chi connectivity index (χ0) is 10.2. The fourth-order valence-corrected chi connectivity index (χ4v) is 3.99. The topological polar surface area (TPSA) is 25.8 Å². The van der Waals surface area contributed by atoms with Crippen molar-refractivity contribution in [2.45, 2.75) is 25.8 Å². The largest absolute Gasteiger partial charge is 0.244 e. The lowest BCUT2D eigenvalue weighted by molar-refractivity contribution is 0.479. The van der Waals surface area contributed by atoms with Gasteiger partial charge in [-0.15, -0.1) is 0 Å². The average Bonchev–Trinajstić information content (AvgIpc) is 2.47. The van der Waals surface area contributed by atoms with Crippen LogP contribution in [0.2, 0.25) is 0 Å². The van der Waals surface area contributed by atoms with Crippen molar-refractivity contribution in [3.05, 3.63) is 23.5 Å². The molecule has 0 aromatic carbocycles. The Morgan fingerprint density at radius 2 is 2.14 bits per heavy atom. The van der Waals surface area contributed by atoms with Gasteiger partial charge >= 0.3 is 0 Å². The van der Waals surface area contributed by atoms with E-state index in [9.17, 15) is 0 Å². The highest BCUT2D eigenvalue weighted by Gasteiger charge is 2.21. The zero-order valence-corrected chi connectivity index (χ0v) is 9.75. The Hall–Kier alpha value is -0.830. The summed E-state index contributed by atoms with van der Waals surface area (Å²) in [6.07, 6.45) is 5.72. The summed E-state index contributed by atoms with van der Waals surface area (Å²) in [5.74, 6) is 1.21. The van der Waals surface area contributed by atoms with Crippen molar-refractivity contribution in [2.24, 2.45) is 5.41 Å². The molecule has 3 heteroatoms. The van der Waals surface area contributed by atoms with Crippen molar-refractivity contribution < 1.29 is 0 Å². The summed E-state index contributed by atoms with van der Waals surface area (Å²) >= 11 is 0. The second-order valence-electron chi connectivity index (χ2n) is 4.81. The second kappa shape index (κ2) is 3.39. The molecule has 0 N–H and O–H groups in total. The van der Waals surface area contributed by atoms with Gasteiger partial charge in [0.25, 0.3) is 0 Å². The highest BCUT2D eigenvalue weighted by molar-refractivity contribution is 8.20. The molecule has 0 saturated carbocycles. The quantitative estimate of drug-likeness (QED) is 0.567. The zero-order valence-electron chi connectivity index (χ0n) is 8.86. The number of nitrogens with zero attached hydrogens (tertiary/aromatic N) is 2. The summed E-state index contributed by atoms with van der Waals surface area (Å²) in [5.41, 5.74) is 1.59. The Kier molecular flexibility index (Phi) is 2.35. The third-order valence-corrected chi connectivity index (χ3v) is 4.79. The summed E-state index contributed by atoms with van der Waals surface area (Å²) in [5, 5.41) is 3.56. The van der Waals surface area contributed by atoms with E-state index < -0.39 is 0 Å². The van der Waals surface area contributed by atoms with Gasteiger partial charge in [-0.3, -0.25) is 0 Å². The fraction of sp³-hybridized carbons (Fsp3) is 0.455. The van der Waals surface area contributed by atoms with Gasteiger partial charge in [0.05, 0.1) is 5.03 Å². The van der Waals surface area contributed by atoms with Gasteiger partial charge in [0.15, 0.2) is 0 Å². The van der Waals surface area contributed by atoms with Gasteiger partial charge < -0.3 is 0 Å². The molecule has 0 amide bonds. The van der Waals surface area contributed by atoms with Gasteiger partial charge in [-0.25, -0.2) is 9.97 Å². The van der Waals surface area contributed by atoms with E-state index >= 15 is 0 Å². The molecule has 1 atom stereocenters. The van der Waals surface area contributed by atoms with Crippen LogP contribution in [0.4, 0.5) is 0 Å². The number of thiol groups is 1.